The van der Waals surface area contributed by atoms with Gasteiger partial charge in [-0.05, 0) is 31.4 Å². The zero-order valence-electron chi connectivity index (χ0n) is 14.7. The van der Waals surface area contributed by atoms with E-state index in [1.807, 2.05) is 6.92 Å². The van der Waals surface area contributed by atoms with Gasteiger partial charge in [0.2, 0.25) is 11.8 Å². The number of amides is 2. The van der Waals surface area contributed by atoms with Gasteiger partial charge in [0.05, 0.1) is 15.7 Å². The predicted octanol–water partition coefficient (Wildman–Crippen LogP) is 4.33. The smallest absolute Gasteiger partial charge is 0.240 e. The van der Waals surface area contributed by atoms with Gasteiger partial charge in [-0.3, -0.25) is 9.59 Å². The molecule has 0 saturated carbocycles. The molecule has 1 aliphatic rings. The molecule has 2 rings (SSSR count). The van der Waals surface area contributed by atoms with Crippen LogP contribution in [-0.2, 0) is 9.59 Å². The molecule has 0 aliphatic carbocycles. The Morgan fingerprint density at radius 1 is 1.38 bits per heavy atom. The van der Waals surface area contributed by atoms with Gasteiger partial charge >= 0.3 is 0 Å². The van der Waals surface area contributed by atoms with Crippen LogP contribution in [0.2, 0.25) is 10.0 Å². The monoisotopic (exact) mass is 414 g/mol. The summed E-state index contributed by atoms with van der Waals surface area (Å²) < 4.78 is 0. The van der Waals surface area contributed by atoms with E-state index in [1.165, 1.54) is 11.8 Å². The highest BCUT2D eigenvalue weighted by molar-refractivity contribution is 8.15. The van der Waals surface area contributed by atoms with E-state index >= 15 is 0 Å². The van der Waals surface area contributed by atoms with E-state index in [9.17, 15) is 9.59 Å². The molecule has 1 heterocycles. The molecule has 0 aromatic heterocycles. The van der Waals surface area contributed by atoms with E-state index in [2.05, 4.69) is 34.7 Å². The SMILES string of the molecule is C/C(CC(C)C)=N/N=C1\NC(=O)[C@@H](CC(=O)Nc2cccc(Cl)c2Cl)S1. The van der Waals surface area contributed by atoms with Crippen molar-refractivity contribution in [3.8, 4) is 0 Å². The second-order valence-corrected chi connectivity index (χ2v) is 8.26. The van der Waals surface area contributed by atoms with Crippen LogP contribution in [0.1, 0.15) is 33.6 Å². The summed E-state index contributed by atoms with van der Waals surface area (Å²) in [5.74, 6) is -0.111. The molecule has 1 aromatic rings. The lowest BCUT2D eigenvalue weighted by Crippen LogP contribution is -2.28. The summed E-state index contributed by atoms with van der Waals surface area (Å²) in [5, 5.41) is 13.9. The first-order valence-electron chi connectivity index (χ1n) is 8.08. The molecule has 26 heavy (non-hydrogen) atoms. The number of thioether (sulfide) groups is 1. The molecule has 1 fully saturated rings. The molecule has 0 spiro atoms. The number of anilines is 1. The van der Waals surface area contributed by atoms with Crippen LogP contribution in [0.5, 0.6) is 0 Å². The maximum atomic E-state index is 12.2. The Labute approximate surface area is 166 Å². The van der Waals surface area contributed by atoms with E-state index in [0.29, 0.717) is 21.8 Å². The molecule has 1 atom stereocenters. The molecule has 2 N–H and O–H groups in total. The minimum atomic E-state index is -0.563. The highest BCUT2D eigenvalue weighted by Gasteiger charge is 2.32. The largest absolute Gasteiger partial charge is 0.325 e. The number of nitrogens with one attached hydrogen (secondary N) is 2. The number of amidine groups is 1. The van der Waals surface area contributed by atoms with E-state index in [4.69, 9.17) is 23.2 Å². The second kappa shape index (κ2) is 9.39. The number of rotatable bonds is 6. The van der Waals surface area contributed by atoms with E-state index in [1.54, 1.807) is 18.2 Å². The van der Waals surface area contributed by atoms with Gasteiger partial charge in [0.1, 0.15) is 5.25 Å². The molecular formula is C17H20Cl2N4O2S. The zero-order chi connectivity index (χ0) is 19.3. The van der Waals surface area contributed by atoms with Crippen molar-refractivity contribution in [2.75, 3.05) is 5.32 Å². The third-order valence-corrected chi connectivity index (χ3v) is 5.28. The first-order valence-corrected chi connectivity index (χ1v) is 9.72. The quantitative estimate of drug-likeness (QED) is 0.536. The third kappa shape index (κ3) is 6.00. The Bertz CT molecular complexity index is 765. The summed E-state index contributed by atoms with van der Waals surface area (Å²) in [6.07, 6.45) is 0.828. The molecule has 9 heteroatoms. The molecule has 2 amide bonds. The van der Waals surface area contributed by atoms with E-state index < -0.39 is 5.25 Å². The normalized spacial score (nSPS) is 19.2. The van der Waals surface area contributed by atoms with Crippen molar-refractivity contribution in [1.29, 1.82) is 0 Å². The van der Waals surface area contributed by atoms with Crippen molar-refractivity contribution in [3.63, 3.8) is 0 Å². The van der Waals surface area contributed by atoms with Crippen molar-refractivity contribution < 1.29 is 9.59 Å². The third-order valence-electron chi connectivity index (χ3n) is 3.39. The van der Waals surface area contributed by atoms with Crippen LogP contribution in [0.3, 0.4) is 0 Å². The van der Waals surface area contributed by atoms with Crippen LogP contribution < -0.4 is 10.6 Å². The molecule has 6 nitrogen and oxygen atoms in total. The number of hydrogen-bond donors (Lipinski definition) is 2. The number of halogens is 2. The molecule has 0 unspecified atom stereocenters. The molecule has 1 aliphatic heterocycles. The number of nitrogens with zero attached hydrogens (tertiary/aromatic N) is 2. The molecule has 0 radical (unpaired) electrons. The molecule has 1 aromatic carbocycles. The summed E-state index contributed by atoms with van der Waals surface area (Å²) >= 11 is 13.2. The van der Waals surface area contributed by atoms with Gasteiger partial charge in [-0.15, -0.1) is 5.10 Å². The van der Waals surface area contributed by atoms with Crippen molar-refractivity contribution >= 4 is 63.3 Å². The number of benzene rings is 1. The first kappa shape index (κ1) is 20.7. The zero-order valence-corrected chi connectivity index (χ0v) is 17.0. The Morgan fingerprint density at radius 3 is 2.81 bits per heavy atom. The fourth-order valence-electron chi connectivity index (χ4n) is 2.32. The number of carbonyl (C=O) groups excluding carboxylic acids is 2. The van der Waals surface area contributed by atoms with Gasteiger partial charge in [-0.1, -0.05) is 54.9 Å². The Hall–Kier alpha value is -1.57. The van der Waals surface area contributed by atoms with Crippen LogP contribution in [-0.4, -0.2) is 27.9 Å². The molecular weight excluding hydrogens is 395 g/mol. The van der Waals surface area contributed by atoms with Gasteiger partial charge < -0.3 is 10.6 Å². The lowest BCUT2D eigenvalue weighted by molar-refractivity contribution is -0.122. The Morgan fingerprint density at radius 2 is 2.12 bits per heavy atom. The average Bonchev–Trinajstić information content (AvgIpc) is 2.89. The minimum absolute atomic E-state index is 0.00689. The summed E-state index contributed by atoms with van der Waals surface area (Å²) in [5.41, 5.74) is 1.30. The van der Waals surface area contributed by atoms with Crippen LogP contribution in [0.25, 0.3) is 0 Å². The molecule has 0 bridgehead atoms. The van der Waals surface area contributed by atoms with Gasteiger partial charge in [0.25, 0.3) is 0 Å². The highest BCUT2D eigenvalue weighted by Crippen LogP contribution is 2.30. The number of carbonyl (C=O) groups is 2. The van der Waals surface area contributed by atoms with Crippen LogP contribution in [0.15, 0.2) is 28.4 Å². The van der Waals surface area contributed by atoms with Crippen molar-refractivity contribution in [2.45, 2.75) is 38.9 Å². The fourth-order valence-corrected chi connectivity index (χ4v) is 3.58. The second-order valence-electron chi connectivity index (χ2n) is 6.29. The van der Waals surface area contributed by atoms with Crippen LogP contribution >= 0.6 is 35.0 Å². The number of hydrogen-bond acceptors (Lipinski definition) is 5. The minimum Gasteiger partial charge on any atom is -0.325 e. The van der Waals surface area contributed by atoms with Crippen LogP contribution in [0.4, 0.5) is 5.69 Å². The van der Waals surface area contributed by atoms with Gasteiger partial charge in [0.15, 0.2) is 5.17 Å². The fraction of sp³-hybridized carbons (Fsp3) is 0.412. The summed E-state index contributed by atoms with van der Waals surface area (Å²) in [6.45, 7) is 6.09. The molecule has 140 valence electrons. The lowest BCUT2D eigenvalue weighted by Gasteiger charge is -2.09. The van der Waals surface area contributed by atoms with Gasteiger partial charge in [-0.2, -0.15) is 5.10 Å². The highest BCUT2D eigenvalue weighted by atomic mass is 35.5. The summed E-state index contributed by atoms with van der Waals surface area (Å²) in [6, 6.07) is 4.96. The maximum Gasteiger partial charge on any atom is 0.240 e. The van der Waals surface area contributed by atoms with Gasteiger partial charge in [-0.25, -0.2) is 0 Å². The topological polar surface area (TPSA) is 82.9 Å². The predicted molar refractivity (Wildman–Crippen MR) is 109 cm³/mol. The first-order chi connectivity index (χ1) is 12.3. The average molecular weight is 415 g/mol. The molecule has 1 saturated heterocycles. The van der Waals surface area contributed by atoms with E-state index in [-0.39, 0.29) is 23.3 Å². The maximum absolute atomic E-state index is 12.2. The van der Waals surface area contributed by atoms with E-state index in [0.717, 1.165) is 12.1 Å². The van der Waals surface area contributed by atoms with Crippen molar-refractivity contribution in [1.82, 2.24) is 5.32 Å². The van der Waals surface area contributed by atoms with Crippen molar-refractivity contribution in [3.05, 3.63) is 28.2 Å². The van der Waals surface area contributed by atoms with Gasteiger partial charge in [0, 0.05) is 12.1 Å². The summed E-state index contributed by atoms with van der Waals surface area (Å²) in [7, 11) is 0. The Balaban J connectivity index is 1.95. The van der Waals surface area contributed by atoms with Crippen molar-refractivity contribution in [2.24, 2.45) is 16.1 Å². The van der Waals surface area contributed by atoms with Crippen LogP contribution in [0, 0.1) is 5.92 Å². The standard InChI is InChI=1S/C17H20Cl2N4O2S/c1-9(2)7-10(3)22-23-17-21-16(25)13(26-17)8-14(24)20-12-6-4-5-11(18)15(12)19/h4-6,9,13H,7-8H2,1-3H3,(H,20,24)(H,21,23,25)/b22-10-/t13-/m1/s1. The summed E-state index contributed by atoms with van der Waals surface area (Å²) in [4.78, 5) is 24.2. The lowest BCUT2D eigenvalue weighted by atomic mass is 10.1. The Kier molecular flexibility index (Phi) is 7.49.